The molecule has 1 fully saturated rings. The van der Waals surface area contributed by atoms with Crippen LogP contribution in [-0.4, -0.2) is 37.7 Å². The molecule has 0 aromatic heterocycles. The Morgan fingerprint density at radius 1 is 1.10 bits per heavy atom. The van der Waals surface area contributed by atoms with Gasteiger partial charge in [-0.3, -0.25) is 4.90 Å². The molecule has 0 saturated carbocycles. The van der Waals surface area contributed by atoms with Crippen LogP contribution in [-0.2, 0) is 9.84 Å². The molecule has 1 aliphatic rings. The van der Waals surface area contributed by atoms with Crippen LogP contribution >= 0.6 is 0 Å². The highest BCUT2D eigenvalue weighted by molar-refractivity contribution is 7.91. The smallest absolute Gasteiger partial charge is 0.178 e. The number of nitrogens with zero attached hydrogens (tertiary/aromatic N) is 1. The summed E-state index contributed by atoms with van der Waals surface area (Å²) in [5.41, 5.74) is 0.184. The van der Waals surface area contributed by atoms with Gasteiger partial charge >= 0.3 is 0 Å². The Labute approximate surface area is 122 Å². The highest BCUT2D eigenvalue weighted by Crippen LogP contribution is 2.26. The second kappa shape index (κ2) is 5.86. The summed E-state index contributed by atoms with van der Waals surface area (Å²) in [4.78, 5) is 2.90. The summed E-state index contributed by atoms with van der Waals surface area (Å²) in [5.74, 6) is 0.577. The van der Waals surface area contributed by atoms with Gasteiger partial charge in [-0.2, -0.15) is 0 Å². The topological polar surface area (TPSA) is 37.4 Å². The first-order valence-corrected chi connectivity index (χ1v) is 8.97. The molecule has 0 bridgehead atoms. The molecule has 112 valence electrons. The molecule has 0 unspecified atom stereocenters. The molecule has 0 N–H and O–H groups in total. The van der Waals surface area contributed by atoms with Gasteiger partial charge in [0.05, 0.1) is 10.6 Å². The average molecular weight is 295 g/mol. The normalized spacial score (nSPS) is 19.1. The number of hydrogen-bond donors (Lipinski definition) is 0. The summed E-state index contributed by atoms with van der Waals surface area (Å²) in [6, 6.07) is 8.81. The maximum absolute atomic E-state index is 12.4. The lowest BCUT2D eigenvalue weighted by molar-refractivity contribution is 0.0922. The molecule has 0 atom stereocenters. The van der Waals surface area contributed by atoms with Crippen molar-refractivity contribution in [2.24, 2.45) is 5.92 Å². The van der Waals surface area contributed by atoms with Gasteiger partial charge in [0.25, 0.3) is 0 Å². The first-order valence-electron chi connectivity index (χ1n) is 7.32. The standard InChI is InChI=1S/C16H25NO2S/c1-16(2,3)17-11-9-14(10-12-17)13-20(18,19)15-7-5-4-6-8-15/h4-8,14H,9-13H2,1-3H3. The van der Waals surface area contributed by atoms with E-state index in [9.17, 15) is 8.42 Å². The summed E-state index contributed by atoms with van der Waals surface area (Å²) in [7, 11) is -3.13. The summed E-state index contributed by atoms with van der Waals surface area (Å²) in [6.45, 7) is 8.65. The summed E-state index contributed by atoms with van der Waals surface area (Å²) in [5, 5.41) is 0. The summed E-state index contributed by atoms with van der Waals surface area (Å²) >= 11 is 0. The average Bonchev–Trinajstić information content (AvgIpc) is 2.39. The van der Waals surface area contributed by atoms with Crippen molar-refractivity contribution in [3.05, 3.63) is 30.3 Å². The highest BCUT2D eigenvalue weighted by Gasteiger charge is 2.29. The van der Waals surface area contributed by atoms with Crippen molar-refractivity contribution in [1.82, 2.24) is 4.90 Å². The van der Waals surface area contributed by atoms with Gasteiger partial charge in [0.2, 0.25) is 0 Å². The molecule has 4 heteroatoms. The van der Waals surface area contributed by atoms with E-state index in [-0.39, 0.29) is 11.3 Å². The zero-order valence-corrected chi connectivity index (χ0v) is 13.5. The number of rotatable bonds is 3. The van der Waals surface area contributed by atoms with Gasteiger partial charge < -0.3 is 0 Å². The second-order valence-corrected chi connectivity index (χ2v) is 8.73. The Hall–Kier alpha value is -0.870. The van der Waals surface area contributed by atoms with Gasteiger partial charge in [0.1, 0.15) is 0 Å². The fraction of sp³-hybridized carbons (Fsp3) is 0.625. The number of likely N-dealkylation sites (tertiary alicyclic amines) is 1. The van der Waals surface area contributed by atoms with Crippen LogP contribution in [0.25, 0.3) is 0 Å². The SMILES string of the molecule is CC(C)(C)N1CCC(CS(=O)(=O)c2ccccc2)CC1. The molecule has 0 radical (unpaired) electrons. The van der Waals surface area contributed by atoms with Crippen LogP contribution in [0, 0.1) is 5.92 Å². The number of sulfone groups is 1. The Balaban J connectivity index is 1.96. The first-order chi connectivity index (χ1) is 9.29. The number of hydrogen-bond acceptors (Lipinski definition) is 3. The van der Waals surface area contributed by atoms with E-state index in [2.05, 4.69) is 25.7 Å². The largest absolute Gasteiger partial charge is 0.298 e. The molecule has 0 spiro atoms. The van der Waals surface area contributed by atoms with Crippen molar-refractivity contribution in [3.63, 3.8) is 0 Å². The van der Waals surface area contributed by atoms with Crippen molar-refractivity contribution in [2.45, 2.75) is 44.0 Å². The van der Waals surface area contributed by atoms with Gasteiger partial charge in [-0.25, -0.2) is 8.42 Å². The monoisotopic (exact) mass is 295 g/mol. The quantitative estimate of drug-likeness (QED) is 0.860. The predicted octanol–water partition coefficient (Wildman–Crippen LogP) is 2.97. The first kappa shape index (κ1) is 15.5. The molecule has 0 aliphatic carbocycles. The van der Waals surface area contributed by atoms with Crippen molar-refractivity contribution in [2.75, 3.05) is 18.8 Å². The van der Waals surface area contributed by atoms with E-state index in [1.54, 1.807) is 24.3 Å². The maximum atomic E-state index is 12.4. The van der Waals surface area contributed by atoms with Gasteiger partial charge in [-0.1, -0.05) is 18.2 Å². The Kier molecular flexibility index (Phi) is 4.55. The molecular weight excluding hydrogens is 270 g/mol. The van der Waals surface area contributed by atoms with Gasteiger partial charge in [0, 0.05) is 5.54 Å². The summed E-state index contributed by atoms with van der Waals surface area (Å²) < 4.78 is 24.7. The van der Waals surface area contributed by atoms with Crippen LogP contribution < -0.4 is 0 Å². The van der Waals surface area contributed by atoms with E-state index in [1.165, 1.54) is 0 Å². The predicted molar refractivity (Wildman–Crippen MR) is 82.5 cm³/mol. The zero-order chi connectivity index (χ0) is 14.8. The fourth-order valence-corrected chi connectivity index (χ4v) is 4.52. The van der Waals surface area contributed by atoms with E-state index in [4.69, 9.17) is 0 Å². The molecule has 2 rings (SSSR count). The van der Waals surface area contributed by atoms with E-state index < -0.39 is 9.84 Å². The van der Waals surface area contributed by atoms with Gasteiger partial charge in [-0.15, -0.1) is 0 Å². The van der Waals surface area contributed by atoms with Crippen LogP contribution in [0.4, 0.5) is 0 Å². The molecule has 1 aromatic carbocycles. The van der Waals surface area contributed by atoms with Crippen molar-refractivity contribution < 1.29 is 8.42 Å². The minimum absolute atomic E-state index is 0.184. The molecule has 3 nitrogen and oxygen atoms in total. The van der Waals surface area contributed by atoms with Gasteiger partial charge in [-0.05, 0) is 64.8 Å². The molecule has 1 aromatic rings. The molecule has 1 saturated heterocycles. The Morgan fingerprint density at radius 3 is 2.15 bits per heavy atom. The van der Waals surface area contributed by atoms with Crippen LogP contribution in [0.1, 0.15) is 33.6 Å². The van der Waals surface area contributed by atoms with E-state index in [0.29, 0.717) is 10.8 Å². The molecule has 0 amide bonds. The molecule has 1 heterocycles. The van der Waals surface area contributed by atoms with Crippen LogP contribution in [0.5, 0.6) is 0 Å². The lowest BCUT2D eigenvalue weighted by atomic mass is 9.94. The van der Waals surface area contributed by atoms with Crippen LogP contribution in [0.15, 0.2) is 35.2 Å². The Morgan fingerprint density at radius 2 is 1.65 bits per heavy atom. The minimum Gasteiger partial charge on any atom is -0.298 e. The van der Waals surface area contributed by atoms with Gasteiger partial charge in [0.15, 0.2) is 9.84 Å². The summed E-state index contributed by atoms with van der Waals surface area (Å²) in [6.07, 6.45) is 1.95. The number of benzene rings is 1. The maximum Gasteiger partial charge on any atom is 0.178 e. The van der Waals surface area contributed by atoms with Crippen molar-refractivity contribution >= 4 is 9.84 Å². The van der Waals surface area contributed by atoms with Crippen molar-refractivity contribution in [1.29, 1.82) is 0 Å². The van der Waals surface area contributed by atoms with Crippen LogP contribution in [0.3, 0.4) is 0 Å². The molecule has 20 heavy (non-hydrogen) atoms. The lowest BCUT2D eigenvalue weighted by Crippen LogP contribution is -2.46. The lowest BCUT2D eigenvalue weighted by Gasteiger charge is -2.40. The van der Waals surface area contributed by atoms with Crippen molar-refractivity contribution in [3.8, 4) is 0 Å². The van der Waals surface area contributed by atoms with E-state index in [0.717, 1.165) is 25.9 Å². The van der Waals surface area contributed by atoms with E-state index >= 15 is 0 Å². The van der Waals surface area contributed by atoms with E-state index in [1.807, 2.05) is 6.07 Å². The fourth-order valence-electron chi connectivity index (χ4n) is 2.80. The Bertz CT molecular complexity index is 523. The third kappa shape index (κ3) is 3.83. The third-order valence-electron chi connectivity index (χ3n) is 4.12. The zero-order valence-electron chi connectivity index (χ0n) is 12.7. The molecule has 1 aliphatic heterocycles. The number of piperidine rings is 1. The minimum atomic E-state index is -3.13. The third-order valence-corrected chi connectivity index (χ3v) is 6.02. The molecular formula is C16H25NO2S. The second-order valence-electron chi connectivity index (χ2n) is 6.70. The van der Waals surface area contributed by atoms with Crippen LogP contribution in [0.2, 0.25) is 0 Å². The highest BCUT2D eigenvalue weighted by atomic mass is 32.2.